The van der Waals surface area contributed by atoms with Gasteiger partial charge in [0.2, 0.25) is 0 Å². The average Bonchev–Trinajstić information content (AvgIpc) is 2.81. The Morgan fingerprint density at radius 3 is 2.70 bits per heavy atom. The smallest absolute Gasteiger partial charge is 0.181 e. The van der Waals surface area contributed by atoms with Crippen molar-refractivity contribution >= 4 is 21.7 Å². The van der Waals surface area contributed by atoms with Gasteiger partial charge in [-0.05, 0) is 34.1 Å². The van der Waals surface area contributed by atoms with Crippen LogP contribution in [0, 0.1) is 5.82 Å². The zero-order chi connectivity index (χ0) is 14.1. The van der Waals surface area contributed by atoms with Crippen LogP contribution in [0.4, 0.5) is 10.2 Å². The van der Waals surface area contributed by atoms with Crippen LogP contribution in [-0.4, -0.2) is 10.1 Å². The second-order valence-electron chi connectivity index (χ2n) is 4.11. The van der Waals surface area contributed by atoms with Gasteiger partial charge in [-0.2, -0.15) is 0 Å². The van der Waals surface area contributed by atoms with Crippen LogP contribution in [0.1, 0.15) is 0 Å². The van der Waals surface area contributed by atoms with E-state index in [2.05, 4.69) is 26.1 Å². The molecule has 0 aliphatic heterocycles. The average molecular weight is 334 g/mol. The van der Waals surface area contributed by atoms with Gasteiger partial charge in [-0.3, -0.25) is 4.98 Å². The minimum Gasteiger partial charge on any atom is -0.380 e. The molecule has 0 amide bonds. The number of hydrogen-bond donors (Lipinski definition) is 1. The number of pyridine rings is 1. The molecular formula is C14H9BrFN3O. The fourth-order valence-corrected chi connectivity index (χ4v) is 2.50. The van der Waals surface area contributed by atoms with E-state index in [1.807, 2.05) is 6.07 Å². The summed E-state index contributed by atoms with van der Waals surface area (Å²) >= 11 is 3.32. The molecular weight excluding hydrogens is 325 g/mol. The molecule has 0 radical (unpaired) electrons. The lowest BCUT2D eigenvalue weighted by Crippen LogP contribution is -1.91. The van der Waals surface area contributed by atoms with Crippen molar-refractivity contribution in [2.45, 2.75) is 0 Å². The Labute approximate surface area is 122 Å². The Morgan fingerprint density at radius 2 is 2.00 bits per heavy atom. The van der Waals surface area contributed by atoms with E-state index in [9.17, 15) is 4.39 Å². The molecule has 6 heteroatoms. The quantitative estimate of drug-likeness (QED) is 0.772. The zero-order valence-corrected chi connectivity index (χ0v) is 11.8. The van der Waals surface area contributed by atoms with Crippen molar-refractivity contribution in [3.63, 3.8) is 0 Å². The van der Waals surface area contributed by atoms with Gasteiger partial charge in [0.1, 0.15) is 5.82 Å². The lowest BCUT2D eigenvalue weighted by atomic mass is 10.0. The van der Waals surface area contributed by atoms with Crippen molar-refractivity contribution in [2.75, 3.05) is 5.73 Å². The number of nitrogen functional groups attached to an aromatic ring is 1. The highest BCUT2D eigenvalue weighted by atomic mass is 79.9. The van der Waals surface area contributed by atoms with Crippen molar-refractivity contribution in [1.29, 1.82) is 0 Å². The van der Waals surface area contributed by atoms with Crippen LogP contribution in [0.2, 0.25) is 0 Å². The number of nitrogens with two attached hydrogens (primary N) is 1. The largest absolute Gasteiger partial charge is 0.380 e. The van der Waals surface area contributed by atoms with Crippen molar-refractivity contribution in [3.05, 3.63) is 53.0 Å². The summed E-state index contributed by atoms with van der Waals surface area (Å²) in [7, 11) is 0. The van der Waals surface area contributed by atoms with Gasteiger partial charge in [-0.25, -0.2) is 4.39 Å². The number of anilines is 1. The molecule has 0 unspecified atom stereocenters. The molecule has 0 fully saturated rings. The molecule has 2 heterocycles. The van der Waals surface area contributed by atoms with E-state index in [0.29, 0.717) is 10.0 Å². The first-order valence-corrected chi connectivity index (χ1v) is 6.57. The molecule has 0 aliphatic carbocycles. The molecule has 4 nitrogen and oxygen atoms in total. The minimum atomic E-state index is -0.416. The third kappa shape index (κ3) is 2.08. The van der Waals surface area contributed by atoms with Crippen LogP contribution < -0.4 is 5.73 Å². The van der Waals surface area contributed by atoms with Crippen molar-refractivity contribution in [2.24, 2.45) is 0 Å². The molecule has 0 spiro atoms. The highest BCUT2D eigenvalue weighted by Gasteiger charge is 2.22. The predicted molar refractivity (Wildman–Crippen MR) is 77.2 cm³/mol. The molecule has 100 valence electrons. The van der Waals surface area contributed by atoms with Crippen molar-refractivity contribution < 1.29 is 8.91 Å². The Kier molecular flexibility index (Phi) is 3.23. The molecule has 2 N–H and O–H groups in total. The third-order valence-electron chi connectivity index (χ3n) is 2.86. The third-order valence-corrected chi connectivity index (χ3v) is 3.52. The first-order valence-electron chi connectivity index (χ1n) is 5.78. The first-order chi connectivity index (χ1) is 9.68. The maximum absolute atomic E-state index is 14.1. The summed E-state index contributed by atoms with van der Waals surface area (Å²) in [6.45, 7) is 0. The molecule has 3 rings (SSSR count). The van der Waals surface area contributed by atoms with Crippen LogP contribution in [0.15, 0.2) is 51.7 Å². The number of hydrogen-bond acceptors (Lipinski definition) is 4. The summed E-state index contributed by atoms with van der Waals surface area (Å²) in [5.41, 5.74) is 7.38. The molecule has 1 aromatic carbocycles. The van der Waals surface area contributed by atoms with E-state index in [1.165, 1.54) is 6.07 Å². The van der Waals surface area contributed by atoms with Gasteiger partial charge in [-0.1, -0.05) is 17.3 Å². The van der Waals surface area contributed by atoms with E-state index in [0.717, 1.165) is 5.56 Å². The van der Waals surface area contributed by atoms with E-state index in [-0.39, 0.29) is 17.1 Å². The van der Waals surface area contributed by atoms with Crippen molar-refractivity contribution in [1.82, 2.24) is 10.1 Å². The lowest BCUT2D eigenvalue weighted by Gasteiger charge is -2.05. The van der Waals surface area contributed by atoms with E-state index >= 15 is 0 Å². The first kappa shape index (κ1) is 12.8. The molecule has 3 aromatic rings. The minimum absolute atomic E-state index is 0.197. The summed E-state index contributed by atoms with van der Waals surface area (Å²) in [6, 6.07) is 8.26. The standard InChI is InChI=1S/C14H9BrFN3O/c15-9-4-1-5-10(16)12(9)13-11(14(17)19-20-13)8-3-2-6-18-7-8/h1-7H,(H2,17,19). The molecule has 0 aliphatic rings. The molecule has 20 heavy (non-hydrogen) atoms. The Bertz CT molecular complexity index is 738. The molecule has 0 bridgehead atoms. The Hall–Kier alpha value is -2.21. The number of nitrogens with zero attached hydrogens (tertiary/aromatic N) is 2. The number of benzene rings is 1. The van der Waals surface area contributed by atoms with E-state index in [1.54, 1.807) is 30.6 Å². The normalized spacial score (nSPS) is 10.7. The van der Waals surface area contributed by atoms with Crippen LogP contribution in [-0.2, 0) is 0 Å². The van der Waals surface area contributed by atoms with Gasteiger partial charge < -0.3 is 10.3 Å². The van der Waals surface area contributed by atoms with Gasteiger partial charge in [0, 0.05) is 22.4 Å². The van der Waals surface area contributed by atoms with E-state index in [4.69, 9.17) is 10.3 Å². The summed E-state index contributed by atoms with van der Waals surface area (Å²) in [4.78, 5) is 4.03. The molecule has 2 aromatic heterocycles. The fraction of sp³-hybridized carbons (Fsp3) is 0. The highest BCUT2D eigenvalue weighted by Crippen LogP contribution is 2.40. The molecule has 0 saturated carbocycles. The summed E-state index contributed by atoms with van der Waals surface area (Å²) < 4.78 is 19.9. The predicted octanol–water partition coefficient (Wildman–Crippen LogP) is 3.89. The second kappa shape index (κ2) is 5.05. The Morgan fingerprint density at radius 1 is 1.15 bits per heavy atom. The van der Waals surface area contributed by atoms with Gasteiger partial charge in [-0.15, -0.1) is 0 Å². The summed E-state index contributed by atoms with van der Waals surface area (Å²) in [5, 5.41) is 3.74. The fourth-order valence-electron chi connectivity index (χ4n) is 1.98. The lowest BCUT2D eigenvalue weighted by molar-refractivity contribution is 0.433. The van der Waals surface area contributed by atoms with Gasteiger partial charge in [0.25, 0.3) is 0 Å². The number of halogens is 2. The monoisotopic (exact) mass is 333 g/mol. The van der Waals surface area contributed by atoms with Crippen LogP contribution in [0.3, 0.4) is 0 Å². The molecule has 0 atom stereocenters. The van der Waals surface area contributed by atoms with Crippen molar-refractivity contribution in [3.8, 4) is 22.5 Å². The summed E-state index contributed by atoms with van der Waals surface area (Å²) in [6.07, 6.45) is 3.27. The number of aromatic nitrogens is 2. The van der Waals surface area contributed by atoms with Crippen LogP contribution in [0.5, 0.6) is 0 Å². The maximum atomic E-state index is 14.1. The van der Waals surface area contributed by atoms with Gasteiger partial charge in [0.15, 0.2) is 11.6 Å². The topological polar surface area (TPSA) is 64.9 Å². The van der Waals surface area contributed by atoms with Crippen LogP contribution in [0.25, 0.3) is 22.5 Å². The van der Waals surface area contributed by atoms with Gasteiger partial charge in [0.05, 0.1) is 11.1 Å². The SMILES string of the molecule is Nc1noc(-c2c(F)cccc2Br)c1-c1cccnc1. The molecule has 0 saturated heterocycles. The highest BCUT2D eigenvalue weighted by molar-refractivity contribution is 9.10. The summed E-state index contributed by atoms with van der Waals surface area (Å²) in [5.74, 6) is 0.0595. The number of rotatable bonds is 2. The van der Waals surface area contributed by atoms with Gasteiger partial charge >= 0.3 is 0 Å². The van der Waals surface area contributed by atoms with Crippen LogP contribution >= 0.6 is 15.9 Å². The Balaban J connectivity index is 2.27. The maximum Gasteiger partial charge on any atom is 0.181 e. The van der Waals surface area contributed by atoms with E-state index < -0.39 is 5.82 Å². The second-order valence-corrected chi connectivity index (χ2v) is 4.96. The zero-order valence-electron chi connectivity index (χ0n) is 10.2.